The number of benzene rings is 3. The summed E-state index contributed by atoms with van der Waals surface area (Å²) in [6.45, 7) is 0.847. The maximum absolute atomic E-state index is 12.0. The van der Waals surface area contributed by atoms with Gasteiger partial charge in [0.15, 0.2) is 22.9 Å². The normalized spacial score (nSPS) is 14.3. The van der Waals surface area contributed by atoms with Gasteiger partial charge in [-0.25, -0.2) is 13.0 Å². The van der Waals surface area contributed by atoms with Gasteiger partial charge in [-0.15, -0.1) is 0 Å². The number of allylic oxidation sites excluding steroid dienone is 1. The molecule has 0 aliphatic carbocycles. The largest absolute Gasteiger partial charge is 0.741 e. The molecule has 12 heteroatoms. The highest BCUT2D eigenvalue weighted by molar-refractivity contribution is 7.86. The van der Waals surface area contributed by atoms with Crippen molar-refractivity contribution in [3.8, 4) is 11.1 Å². The first kappa shape index (κ1) is 32.2. The Morgan fingerprint density at radius 1 is 0.786 bits per heavy atom. The monoisotopic (exact) mass is 603 g/mol. The van der Waals surface area contributed by atoms with Crippen molar-refractivity contribution in [2.24, 2.45) is 11.8 Å². The third-order valence-corrected chi connectivity index (χ3v) is 7.10. The average Bonchev–Trinajstić information content (AvgIpc) is 3.44. The van der Waals surface area contributed by atoms with Crippen LogP contribution in [-0.4, -0.2) is 51.4 Å². The predicted molar refractivity (Wildman–Crippen MR) is 148 cm³/mol. The van der Waals surface area contributed by atoms with Gasteiger partial charge in [0.1, 0.15) is 6.21 Å². The van der Waals surface area contributed by atoms with Gasteiger partial charge in [0, 0.05) is 12.0 Å². The number of hydrogen-bond acceptors (Lipinski definition) is 5. The minimum absolute atomic E-state index is 0.165. The van der Waals surface area contributed by atoms with E-state index in [2.05, 4.69) is 47.3 Å². The molecule has 0 amide bonds. The summed E-state index contributed by atoms with van der Waals surface area (Å²) in [5.74, 6) is -4.20. The van der Waals surface area contributed by atoms with Gasteiger partial charge in [0.05, 0.1) is 11.8 Å². The van der Waals surface area contributed by atoms with Crippen LogP contribution >= 0.6 is 0 Å². The predicted octanol–water partition coefficient (Wildman–Crippen LogP) is 5.09. The number of nitrogens with zero attached hydrogens (tertiary/aromatic N) is 1. The van der Waals surface area contributed by atoms with E-state index in [1.807, 2.05) is 54.6 Å². The molecular weight excluding hydrogens is 575 g/mol. The number of carboxylic acids is 2. The van der Waals surface area contributed by atoms with E-state index < -0.39 is 39.4 Å². The molecule has 0 aromatic heterocycles. The summed E-state index contributed by atoms with van der Waals surface area (Å²) in [5.41, 5.74) is -0.674. The highest BCUT2D eigenvalue weighted by Crippen LogP contribution is 2.26. The smallest absolute Gasteiger partial charge is 0.485 e. The molecule has 222 valence electrons. The first-order valence-corrected chi connectivity index (χ1v) is 14.1. The molecule has 3 aromatic carbocycles. The van der Waals surface area contributed by atoms with E-state index >= 15 is 0 Å². The molecule has 3 aromatic rings. The minimum atomic E-state index is -6.09. The maximum Gasteiger partial charge on any atom is 0.485 e. The van der Waals surface area contributed by atoms with Crippen LogP contribution in [0.4, 0.5) is 13.2 Å². The molecule has 0 fully saturated rings. The van der Waals surface area contributed by atoms with Gasteiger partial charge in [-0.3, -0.25) is 9.59 Å². The van der Waals surface area contributed by atoms with Gasteiger partial charge in [-0.1, -0.05) is 78.9 Å². The van der Waals surface area contributed by atoms with Crippen molar-refractivity contribution in [1.29, 1.82) is 0 Å². The lowest BCUT2D eigenvalue weighted by molar-refractivity contribution is -0.466. The second kappa shape index (κ2) is 14.1. The first-order chi connectivity index (χ1) is 19.7. The summed E-state index contributed by atoms with van der Waals surface area (Å²) in [7, 11) is -6.09. The third-order valence-electron chi connectivity index (χ3n) is 6.54. The van der Waals surface area contributed by atoms with Gasteiger partial charge in [0.2, 0.25) is 0 Å². The van der Waals surface area contributed by atoms with E-state index in [0.717, 1.165) is 35.2 Å². The van der Waals surface area contributed by atoms with Crippen molar-refractivity contribution in [2.45, 2.75) is 31.3 Å². The van der Waals surface area contributed by atoms with E-state index in [9.17, 15) is 33.0 Å². The van der Waals surface area contributed by atoms with Crippen LogP contribution in [-0.2, 0) is 39.1 Å². The zero-order valence-corrected chi connectivity index (χ0v) is 23.0. The van der Waals surface area contributed by atoms with Crippen LogP contribution < -0.4 is 0 Å². The number of alkyl halides is 3. The number of halogens is 3. The molecule has 4 rings (SSSR count). The fourth-order valence-corrected chi connectivity index (χ4v) is 4.34. The molecule has 0 unspecified atom stereocenters. The highest BCUT2D eigenvalue weighted by Gasteiger charge is 2.37. The van der Waals surface area contributed by atoms with Crippen molar-refractivity contribution in [3.05, 3.63) is 108 Å². The Kier molecular flexibility index (Phi) is 10.8. The SMILES string of the molecule is O=C(O)[C@@H](Cc1ccccc1)[C@H](Cc1ccc(-c2ccc(C[N+]3=CCC=C3)cc2)cc1)C(=O)O.O=S(=O)([O-])C(F)(F)F. The third kappa shape index (κ3) is 9.38. The Morgan fingerprint density at radius 3 is 1.60 bits per heavy atom. The minimum Gasteiger partial charge on any atom is -0.741 e. The lowest BCUT2D eigenvalue weighted by Gasteiger charge is -2.21. The van der Waals surface area contributed by atoms with Crippen LogP contribution in [0, 0.1) is 11.8 Å². The fourth-order valence-electron chi connectivity index (χ4n) is 4.34. The van der Waals surface area contributed by atoms with E-state index in [1.54, 1.807) is 0 Å². The van der Waals surface area contributed by atoms with Crippen molar-refractivity contribution in [1.82, 2.24) is 0 Å². The highest BCUT2D eigenvalue weighted by atomic mass is 32.2. The van der Waals surface area contributed by atoms with Crippen molar-refractivity contribution < 1.29 is 50.5 Å². The molecule has 1 aliphatic heterocycles. The van der Waals surface area contributed by atoms with Crippen LogP contribution in [0.15, 0.2) is 91.1 Å². The zero-order valence-electron chi connectivity index (χ0n) is 22.1. The van der Waals surface area contributed by atoms with Crippen LogP contribution in [0.25, 0.3) is 11.1 Å². The van der Waals surface area contributed by atoms with Gasteiger partial charge in [-0.05, 0) is 41.2 Å². The molecule has 42 heavy (non-hydrogen) atoms. The van der Waals surface area contributed by atoms with E-state index in [0.29, 0.717) is 0 Å². The van der Waals surface area contributed by atoms with Crippen LogP contribution in [0.2, 0.25) is 0 Å². The number of aliphatic carboxylic acids is 2. The molecule has 1 aliphatic rings. The van der Waals surface area contributed by atoms with Crippen LogP contribution in [0.5, 0.6) is 0 Å². The summed E-state index contributed by atoms with van der Waals surface area (Å²) in [6, 6.07) is 25.3. The average molecular weight is 604 g/mol. The van der Waals surface area contributed by atoms with E-state index in [-0.39, 0.29) is 12.8 Å². The zero-order chi connectivity index (χ0) is 30.9. The molecular formula is C30H28F3NO7S. The van der Waals surface area contributed by atoms with E-state index in [1.165, 1.54) is 5.56 Å². The summed E-state index contributed by atoms with van der Waals surface area (Å²) in [5, 5.41) is 19.6. The fraction of sp³-hybridized carbons (Fsp3) is 0.233. The molecule has 0 radical (unpaired) electrons. The van der Waals surface area contributed by atoms with Gasteiger partial charge in [-0.2, -0.15) is 13.2 Å². The molecule has 0 bridgehead atoms. The second-order valence-corrected chi connectivity index (χ2v) is 10.9. The van der Waals surface area contributed by atoms with Gasteiger partial charge < -0.3 is 14.8 Å². The quantitative estimate of drug-likeness (QED) is 0.187. The Bertz CT molecular complexity index is 1530. The van der Waals surface area contributed by atoms with Crippen molar-refractivity contribution >= 4 is 28.3 Å². The van der Waals surface area contributed by atoms with Crippen molar-refractivity contribution in [3.63, 3.8) is 0 Å². The summed E-state index contributed by atoms with van der Waals surface area (Å²) >= 11 is 0. The summed E-state index contributed by atoms with van der Waals surface area (Å²) in [4.78, 5) is 24.0. The van der Waals surface area contributed by atoms with Crippen LogP contribution in [0.1, 0.15) is 23.1 Å². The standard InChI is InChI=1S/C29H27NO4.CHF3O3S/c31-28(32)26(18-21-6-2-1-3-7-21)27(29(33)34)19-22-8-12-24(13-9-22)25-14-10-23(11-15-25)20-30-16-4-5-17-30;2-1(3,4)8(5,6)7/h1-4,6-17,26-27H,5,18-20H2,(H-,31,32,33,34);(H,5,6,7)/t26-,27-;/m0./s1. The molecule has 8 nitrogen and oxygen atoms in total. The topological polar surface area (TPSA) is 135 Å². The molecule has 1 heterocycles. The molecule has 2 atom stereocenters. The Balaban J connectivity index is 0.000000531. The maximum atomic E-state index is 12.0. The Labute approximate surface area is 240 Å². The molecule has 0 saturated carbocycles. The molecule has 2 N–H and O–H groups in total. The lowest BCUT2D eigenvalue weighted by Crippen LogP contribution is -2.33. The van der Waals surface area contributed by atoms with E-state index in [4.69, 9.17) is 13.0 Å². The Morgan fingerprint density at radius 2 is 1.21 bits per heavy atom. The number of carboxylic acid groups (broad SMARTS) is 2. The lowest BCUT2D eigenvalue weighted by atomic mass is 9.82. The Hall–Kier alpha value is -4.29. The first-order valence-electron chi connectivity index (χ1n) is 12.7. The molecule has 0 spiro atoms. The molecule has 0 saturated heterocycles. The number of hydrogen-bond donors (Lipinski definition) is 2. The number of rotatable bonds is 10. The van der Waals surface area contributed by atoms with Crippen LogP contribution in [0.3, 0.4) is 0 Å². The van der Waals surface area contributed by atoms with Crippen molar-refractivity contribution in [2.75, 3.05) is 0 Å². The second-order valence-electron chi connectivity index (χ2n) is 9.55. The number of carbonyl (C=O) groups is 2. The van der Waals surface area contributed by atoms with Gasteiger partial charge in [0.25, 0.3) is 0 Å². The van der Waals surface area contributed by atoms with Gasteiger partial charge >= 0.3 is 17.4 Å². The summed E-state index contributed by atoms with van der Waals surface area (Å²) < 4.78 is 61.1. The summed E-state index contributed by atoms with van der Waals surface area (Å²) in [6.07, 6.45) is 7.70.